The molecule has 1 aromatic carbocycles. The number of esters is 1. The summed E-state index contributed by atoms with van der Waals surface area (Å²) < 4.78 is 10.7. The number of carbonyl (C=O) groups is 1. The lowest BCUT2D eigenvalue weighted by Crippen LogP contribution is -2.38. The van der Waals surface area contributed by atoms with Gasteiger partial charge in [0.2, 0.25) is 0 Å². The van der Waals surface area contributed by atoms with Gasteiger partial charge in [-0.25, -0.2) is 0 Å². The average molecular weight is 251 g/mol. The second-order valence-electron chi connectivity index (χ2n) is 5.09. The van der Waals surface area contributed by atoms with E-state index >= 15 is 0 Å². The Morgan fingerprint density at radius 3 is 2.44 bits per heavy atom. The van der Waals surface area contributed by atoms with E-state index in [4.69, 9.17) is 15.2 Å². The van der Waals surface area contributed by atoms with Crippen LogP contribution in [0.4, 0.5) is 0 Å². The molecule has 0 fully saturated rings. The van der Waals surface area contributed by atoms with Crippen molar-refractivity contribution in [3.8, 4) is 5.75 Å². The fourth-order valence-electron chi connectivity index (χ4n) is 1.32. The van der Waals surface area contributed by atoms with Gasteiger partial charge < -0.3 is 15.2 Å². The zero-order valence-electron chi connectivity index (χ0n) is 11.2. The van der Waals surface area contributed by atoms with Crippen molar-refractivity contribution < 1.29 is 14.3 Å². The molecule has 0 unspecified atom stereocenters. The molecule has 18 heavy (non-hydrogen) atoms. The molecule has 0 spiro atoms. The Morgan fingerprint density at radius 2 is 1.89 bits per heavy atom. The van der Waals surface area contributed by atoms with E-state index < -0.39 is 11.6 Å². The zero-order chi connectivity index (χ0) is 13.6. The van der Waals surface area contributed by atoms with Crippen LogP contribution in [-0.2, 0) is 9.53 Å². The summed E-state index contributed by atoms with van der Waals surface area (Å²) in [6.45, 7) is 5.85. The zero-order valence-corrected chi connectivity index (χ0v) is 11.2. The highest BCUT2D eigenvalue weighted by Crippen LogP contribution is 2.11. The molecule has 1 rings (SSSR count). The number of hydrogen-bond donors (Lipinski definition) is 1. The second-order valence-corrected chi connectivity index (χ2v) is 5.09. The summed E-state index contributed by atoms with van der Waals surface area (Å²) in [7, 11) is 0. The Morgan fingerprint density at radius 1 is 1.28 bits per heavy atom. The number of nitrogens with two attached hydrogens (primary N) is 1. The van der Waals surface area contributed by atoms with Crippen molar-refractivity contribution in [2.24, 2.45) is 5.73 Å². The fraction of sp³-hybridized carbons (Fsp3) is 0.500. The molecule has 0 amide bonds. The summed E-state index contributed by atoms with van der Waals surface area (Å²) in [4.78, 5) is 11.6. The van der Waals surface area contributed by atoms with Crippen LogP contribution in [0.3, 0.4) is 0 Å². The van der Waals surface area contributed by atoms with Crippen molar-refractivity contribution in [3.63, 3.8) is 0 Å². The second kappa shape index (κ2) is 6.40. The summed E-state index contributed by atoms with van der Waals surface area (Å²) in [6.07, 6.45) is 0.434. The molecule has 0 bridgehead atoms. The van der Waals surface area contributed by atoms with Gasteiger partial charge in [0.1, 0.15) is 17.4 Å². The maximum Gasteiger partial charge on any atom is 0.323 e. The van der Waals surface area contributed by atoms with Gasteiger partial charge in [-0.2, -0.15) is 0 Å². The topological polar surface area (TPSA) is 61.5 Å². The first-order valence-corrected chi connectivity index (χ1v) is 6.05. The van der Waals surface area contributed by atoms with E-state index in [1.165, 1.54) is 0 Å². The van der Waals surface area contributed by atoms with Gasteiger partial charge in [0.25, 0.3) is 0 Å². The molecule has 0 aliphatic heterocycles. The third kappa shape index (κ3) is 5.68. The Labute approximate surface area is 108 Å². The van der Waals surface area contributed by atoms with Crippen molar-refractivity contribution in [1.82, 2.24) is 0 Å². The maximum absolute atomic E-state index is 11.6. The quantitative estimate of drug-likeness (QED) is 0.814. The Kier molecular flexibility index (Phi) is 5.16. The summed E-state index contributed by atoms with van der Waals surface area (Å²) in [5, 5.41) is 0. The lowest BCUT2D eigenvalue weighted by molar-refractivity contribution is -0.156. The smallest absolute Gasteiger partial charge is 0.323 e. The van der Waals surface area contributed by atoms with Crippen LogP contribution in [0.15, 0.2) is 30.3 Å². The summed E-state index contributed by atoms with van der Waals surface area (Å²) in [6, 6.07) is 8.77. The van der Waals surface area contributed by atoms with E-state index in [9.17, 15) is 4.79 Å². The minimum Gasteiger partial charge on any atom is -0.494 e. The molecule has 4 nitrogen and oxygen atoms in total. The van der Waals surface area contributed by atoms with Gasteiger partial charge in [0.05, 0.1) is 6.61 Å². The average Bonchev–Trinajstić information content (AvgIpc) is 2.28. The van der Waals surface area contributed by atoms with Gasteiger partial charge in [0.15, 0.2) is 0 Å². The van der Waals surface area contributed by atoms with Crippen LogP contribution in [0.2, 0.25) is 0 Å². The Balaban J connectivity index is 2.29. The summed E-state index contributed by atoms with van der Waals surface area (Å²) >= 11 is 0. The van der Waals surface area contributed by atoms with E-state index in [0.29, 0.717) is 13.0 Å². The van der Waals surface area contributed by atoms with E-state index in [1.807, 2.05) is 51.1 Å². The molecule has 0 aliphatic rings. The van der Waals surface area contributed by atoms with E-state index in [0.717, 1.165) is 5.75 Å². The lowest BCUT2D eigenvalue weighted by atomic mass is 10.2. The molecule has 0 radical (unpaired) electrons. The van der Waals surface area contributed by atoms with E-state index in [2.05, 4.69) is 0 Å². The van der Waals surface area contributed by atoms with Crippen LogP contribution < -0.4 is 10.5 Å². The molecule has 0 aromatic heterocycles. The highest BCUT2D eigenvalue weighted by Gasteiger charge is 2.21. The number of ether oxygens (including phenoxy) is 2. The van der Waals surface area contributed by atoms with Crippen LogP contribution in [-0.4, -0.2) is 24.2 Å². The van der Waals surface area contributed by atoms with Crippen LogP contribution in [0.5, 0.6) is 5.75 Å². The van der Waals surface area contributed by atoms with Crippen LogP contribution in [0.1, 0.15) is 27.2 Å². The van der Waals surface area contributed by atoms with Crippen molar-refractivity contribution in [3.05, 3.63) is 30.3 Å². The standard InChI is InChI=1S/C14H21NO3/c1-14(2,3)18-13(16)12(15)9-10-17-11-7-5-4-6-8-11/h4-8,12H,9-10,15H2,1-3H3/t12-/m1/s1. The van der Waals surface area contributed by atoms with Gasteiger partial charge in [-0.05, 0) is 32.9 Å². The van der Waals surface area contributed by atoms with Crippen LogP contribution >= 0.6 is 0 Å². The number of benzene rings is 1. The molecule has 0 saturated heterocycles. The first-order chi connectivity index (χ1) is 8.38. The molecule has 1 atom stereocenters. The van der Waals surface area contributed by atoms with E-state index in [-0.39, 0.29) is 5.97 Å². The summed E-state index contributed by atoms with van der Waals surface area (Å²) in [5.74, 6) is 0.382. The molecular weight excluding hydrogens is 230 g/mol. The highest BCUT2D eigenvalue weighted by atomic mass is 16.6. The van der Waals surface area contributed by atoms with Crippen LogP contribution in [0.25, 0.3) is 0 Å². The molecule has 0 heterocycles. The predicted octanol–water partition coefficient (Wildman–Crippen LogP) is 2.12. The number of carbonyl (C=O) groups excluding carboxylic acids is 1. The minimum absolute atomic E-state index is 0.390. The van der Waals surface area contributed by atoms with Crippen molar-refractivity contribution in [2.75, 3.05) is 6.61 Å². The first kappa shape index (κ1) is 14.5. The Bertz CT molecular complexity index is 370. The highest BCUT2D eigenvalue weighted by molar-refractivity contribution is 5.75. The summed E-state index contributed by atoms with van der Waals surface area (Å²) in [5.41, 5.74) is 5.23. The number of rotatable bonds is 5. The van der Waals surface area contributed by atoms with Crippen molar-refractivity contribution in [1.29, 1.82) is 0 Å². The maximum atomic E-state index is 11.6. The fourth-order valence-corrected chi connectivity index (χ4v) is 1.32. The molecule has 0 saturated carbocycles. The first-order valence-electron chi connectivity index (χ1n) is 6.05. The van der Waals surface area contributed by atoms with Gasteiger partial charge in [0, 0.05) is 6.42 Å². The van der Waals surface area contributed by atoms with Crippen molar-refractivity contribution >= 4 is 5.97 Å². The van der Waals surface area contributed by atoms with Crippen LogP contribution in [0, 0.1) is 0 Å². The number of para-hydroxylation sites is 1. The van der Waals surface area contributed by atoms with Crippen molar-refractivity contribution in [2.45, 2.75) is 38.8 Å². The molecule has 100 valence electrons. The van der Waals surface area contributed by atoms with Gasteiger partial charge in [-0.15, -0.1) is 0 Å². The third-order valence-corrected chi connectivity index (χ3v) is 2.15. The van der Waals surface area contributed by atoms with Gasteiger partial charge in [-0.3, -0.25) is 4.79 Å². The molecule has 1 aromatic rings. The van der Waals surface area contributed by atoms with Gasteiger partial charge >= 0.3 is 5.97 Å². The predicted molar refractivity (Wildman–Crippen MR) is 70.4 cm³/mol. The monoisotopic (exact) mass is 251 g/mol. The lowest BCUT2D eigenvalue weighted by Gasteiger charge is -2.22. The normalized spacial score (nSPS) is 12.9. The Hall–Kier alpha value is -1.55. The molecule has 2 N–H and O–H groups in total. The minimum atomic E-state index is -0.645. The molecule has 4 heteroatoms. The third-order valence-electron chi connectivity index (χ3n) is 2.15. The largest absolute Gasteiger partial charge is 0.494 e. The SMILES string of the molecule is CC(C)(C)OC(=O)[C@H](N)CCOc1ccccc1. The number of hydrogen-bond acceptors (Lipinski definition) is 4. The molecular formula is C14H21NO3. The van der Waals surface area contributed by atoms with E-state index in [1.54, 1.807) is 0 Å². The van der Waals surface area contributed by atoms with Gasteiger partial charge in [-0.1, -0.05) is 18.2 Å². The molecule has 0 aliphatic carbocycles.